The van der Waals surface area contributed by atoms with Crippen LogP contribution in [-0.4, -0.2) is 28.9 Å². The van der Waals surface area contributed by atoms with Gasteiger partial charge < -0.3 is 9.64 Å². The molecule has 0 spiro atoms. The van der Waals surface area contributed by atoms with Crippen LogP contribution in [0.2, 0.25) is 0 Å². The lowest BCUT2D eigenvalue weighted by Crippen LogP contribution is -2.44. The molecule has 6 heteroatoms. The minimum atomic E-state index is -0.739. The van der Waals surface area contributed by atoms with Crippen molar-refractivity contribution in [1.82, 2.24) is 4.90 Å². The summed E-state index contributed by atoms with van der Waals surface area (Å²) in [6, 6.07) is 2.33. The molecule has 1 aliphatic rings. The van der Waals surface area contributed by atoms with Gasteiger partial charge in [-0.05, 0) is 38.5 Å². The van der Waals surface area contributed by atoms with Crippen LogP contribution in [0.5, 0.6) is 0 Å². The zero-order chi connectivity index (χ0) is 16.5. The number of carbonyl (C=O) groups excluding carboxylic acids is 2. The molecule has 0 bridgehead atoms. The summed E-state index contributed by atoms with van der Waals surface area (Å²) >= 11 is 0. The molecule has 0 saturated carbocycles. The second kappa shape index (κ2) is 6.02. The quantitative estimate of drug-likeness (QED) is 0.796. The summed E-state index contributed by atoms with van der Waals surface area (Å²) in [5.41, 5.74) is -0.424. The van der Waals surface area contributed by atoms with E-state index in [4.69, 9.17) is 4.74 Å². The lowest BCUT2D eigenvalue weighted by Gasteiger charge is -2.36. The van der Waals surface area contributed by atoms with Crippen molar-refractivity contribution in [3.8, 4) is 0 Å². The van der Waals surface area contributed by atoms with Gasteiger partial charge in [0, 0.05) is 25.5 Å². The molecule has 22 heavy (non-hydrogen) atoms. The first-order valence-electron chi connectivity index (χ1n) is 7.13. The number of ether oxygens (including phenoxy) is 1. The molecule has 0 aliphatic carbocycles. The average Bonchev–Trinajstić information content (AvgIpc) is 2.35. The number of ketones is 1. The van der Waals surface area contributed by atoms with Crippen molar-refractivity contribution < 1.29 is 23.1 Å². The van der Waals surface area contributed by atoms with Gasteiger partial charge in [0.05, 0.1) is 6.04 Å². The highest BCUT2D eigenvalue weighted by Gasteiger charge is 2.34. The van der Waals surface area contributed by atoms with Crippen molar-refractivity contribution >= 4 is 11.9 Å². The second-order valence-corrected chi connectivity index (χ2v) is 6.39. The molecule has 1 unspecified atom stereocenters. The van der Waals surface area contributed by atoms with E-state index in [0.717, 1.165) is 18.2 Å². The number of benzene rings is 1. The lowest BCUT2D eigenvalue weighted by molar-refractivity contribution is -0.123. The van der Waals surface area contributed by atoms with E-state index < -0.39 is 29.4 Å². The molecule has 1 heterocycles. The molecule has 1 aromatic carbocycles. The van der Waals surface area contributed by atoms with Crippen molar-refractivity contribution in [3.63, 3.8) is 0 Å². The van der Waals surface area contributed by atoms with Crippen molar-refractivity contribution in [2.24, 2.45) is 0 Å². The van der Waals surface area contributed by atoms with Gasteiger partial charge in [-0.25, -0.2) is 13.6 Å². The molecular weight excluding hydrogens is 292 g/mol. The first-order valence-corrected chi connectivity index (χ1v) is 7.13. The van der Waals surface area contributed by atoms with Crippen molar-refractivity contribution in [1.29, 1.82) is 0 Å². The van der Waals surface area contributed by atoms with Gasteiger partial charge in [0.2, 0.25) is 0 Å². The number of likely N-dealkylation sites (tertiary alicyclic amines) is 1. The number of carbonyl (C=O) groups is 2. The number of hydrogen-bond donors (Lipinski definition) is 0. The summed E-state index contributed by atoms with van der Waals surface area (Å²) in [6.45, 7) is 5.38. The fraction of sp³-hybridized carbons (Fsp3) is 0.500. The Labute approximate surface area is 128 Å². The highest BCUT2D eigenvalue weighted by molar-refractivity contribution is 5.82. The van der Waals surface area contributed by atoms with Crippen LogP contribution in [0.25, 0.3) is 0 Å². The third-order valence-corrected chi connectivity index (χ3v) is 3.33. The molecule has 1 aliphatic heterocycles. The topological polar surface area (TPSA) is 46.6 Å². The number of nitrogens with zero attached hydrogens (tertiary/aromatic N) is 1. The van der Waals surface area contributed by atoms with Gasteiger partial charge in [-0.2, -0.15) is 0 Å². The molecule has 2 rings (SSSR count). The molecule has 1 aromatic rings. The summed E-state index contributed by atoms with van der Waals surface area (Å²) in [4.78, 5) is 25.3. The summed E-state index contributed by atoms with van der Waals surface area (Å²) in [5.74, 6) is -1.52. The van der Waals surface area contributed by atoms with Gasteiger partial charge in [0.15, 0.2) is 0 Å². The Bertz CT molecular complexity index is 575. The first-order chi connectivity index (χ1) is 10.2. The minimum absolute atomic E-state index is 0.0299. The van der Waals surface area contributed by atoms with Gasteiger partial charge in [-0.15, -0.1) is 0 Å². The van der Waals surface area contributed by atoms with E-state index in [2.05, 4.69) is 0 Å². The van der Waals surface area contributed by atoms with E-state index in [1.54, 1.807) is 20.8 Å². The predicted molar refractivity (Wildman–Crippen MR) is 76.3 cm³/mol. The number of Topliss-reactive ketones (excluding diaryl/α,β-unsaturated/α-hetero) is 1. The Morgan fingerprint density at radius 2 is 1.82 bits per heavy atom. The van der Waals surface area contributed by atoms with E-state index in [-0.39, 0.29) is 30.7 Å². The first kappa shape index (κ1) is 16.4. The number of piperidine rings is 1. The Morgan fingerprint density at radius 1 is 1.23 bits per heavy atom. The highest BCUT2D eigenvalue weighted by atomic mass is 19.1. The predicted octanol–water partition coefficient (Wildman–Crippen LogP) is 3.61. The van der Waals surface area contributed by atoms with Crippen LogP contribution in [-0.2, 0) is 9.53 Å². The zero-order valence-electron chi connectivity index (χ0n) is 12.9. The molecule has 1 fully saturated rings. The second-order valence-electron chi connectivity index (χ2n) is 6.39. The highest BCUT2D eigenvalue weighted by Crippen LogP contribution is 2.31. The number of hydrogen-bond acceptors (Lipinski definition) is 3. The fourth-order valence-electron chi connectivity index (χ4n) is 2.43. The summed E-state index contributed by atoms with van der Waals surface area (Å²) in [5, 5.41) is 0. The molecule has 4 nitrogen and oxygen atoms in total. The monoisotopic (exact) mass is 311 g/mol. The van der Waals surface area contributed by atoms with Gasteiger partial charge in [0.25, 0.3) is 0 Å². The van der Waals surface area contributed by atoms with E-state index >= 15 is 0 Å². The van der Waals surface area contributed by atoms with E-state index in [0.29, 0.717) is 0 Å². The van der Waals surface area contributed by atoms with E-state index in [1.807, 2.05) is 0 Å². The maximum atomic E-state index is 13.4. The van der Waals surface area contributed by atoms with Gasteiger partial charge >= 0.3 is 6.09 Å². The Hall–Kier alpha value is -1.98. The minimum Gasteiger partial charge on any atom is -0.444 e. The zero-order valence-corrected chi connectivity index (χ0v) is 12.9. The molecule has 120 valence electrons. The maximum absolute atomic E-state index is 13.4. The number of halogens is 2. The van der Waals surface area contributed by atoms with Crippen LogP contribution in [0.3, 0.4) is 0 Å². The molecule has 1 amide bonds. The van der Waals surface area contributed by atoms with Crippen molar-refractivity contribution in [2.45, 2.75) is 45.3 Å². The number of amides is 1. The Balaban J connectivity index is 2.30. The molecule has 1 saturated heterocycles. The summed E-state index contributed by atoms with van der Waals surface area (Å²) < 4.78 is 32.2. The molecule has 0 aromatic heterocycles. The SMILES string of the molecule is CC(C)(C)OC(=O)N1CCC(=O)CC1c1cc(F)cc(F)c1. The fourth-order valence-corrected chi connectivity index (χ4v) is 2.43. The van der Waals surface area contributed by atoms with Crippen LogP contribution >= 0.6 is 0 Å². The molecular formula is C16H19F2NO3. The van der Waals surface area contributed by atoms with Crippen molar-refractivity contribution in [2.75, 3.05) is 6.54 Å². The average molecular weight is 311 g/mol. The van der Waals surface area contributed by atoms with Gasteiger partial charge in [-0.1, -0.05) is 0 Å². The summed E-state index contributed by atoms with van der Waals surface area (Å²) in [6.07, 6.45) is -0.343. The van der Waals surface area contributed by atoms with Crippen LogP contribution in [0, 0.1) is 11.6 Å². The maximum Gasteiger partial charge on any atom is 0.410 e. The smallest absolute Gasteiger partial charge is 0.410 e. The largest absolute Gasteiger partial charge is 0.444 e. The van der Waals surface area contributed by atoms with Crippen molar-refractivity contribution in [3.05, 3.63) is 35.4 Å². The van der Waals surface area contributed by atoms with Crippen LogP contribution in [0.15, 0.2) is 18.2 Å². The van der Waals surface area contributed by atoms with Crippen LogP contribution in [0.4, 0.5) is 13.6 Å². The molecule has 0 N–H and O–H groups in total. The third kappa shape index (κ3) is 4.02. The van der Waals surface area contributed by atoms with Gasteiger partial charge in [0.1, 0.15) is 23.0 Å². The van der Waals surface area contributed by atoms with Gasteiger partial charge in [-0.3, -0.25) is 4.79 Å². The Kier molecular flexibility index (Phi) is 4.49. The molecule has 0 radical (unpaired) electrons. The summed E-state index contributed by atoms with van der Waals surface area (Å²) in [7, 11) is 0. The van der Waals surface area contributed by atoms with Crippen LogP contribution < -0.4 is 0 Å². The standard InChI is InChI=1S/C16H19F2NO3/c1-16(2,3)22-15(21)19-5-4-13(20)9-14(19)10-6-11(17)8-12(18)7-10/h6-8,14H,4-5,9H2,1-3H3. The lowest BCUT2D eigenvalue weighted by atomic mass is 9.94. The third-order valence-electron chi connectivity index (χ3n) is 3.33. The van der Waals surface area contributed by atoms with E-state index in [1.165, 1.54) is 4.90 Å². The molecule has 1 atom stereocenters. The Morgan fingerprint density at radius 3 is 2.36 bits per heavy atom. The van der Waals surface area contributed by atoms with E-state index in [9.17, 15) is 18.4 Å². The van der Waals surface area contributed by atoms with Crippen LogP contribution in [0.1, 0.15) is 45.2 Å². The normalized spacial score (nSPS) is 19.2. The number of rotatable bonds is 1.